The molecule has 2 aliphatic rings. The molecule has 18 nitrogen and oxygen atoms in total. The van der Waals surface area contributed by atoms with E-state index < -0.39 is 58.5 Å². The molecular weight excluding hydrogens is 947 g/mol. The monoisotopic (exact) mass is 1030 g/mol. The first-order valence-electron chi connectivity index (χ1n) is 25.8. The van der Waals surface area contributed by atoms with Crippen LogP contribution >= 0.6 is 0 Å². The Morgan fingerprint density at radius 3 is 1.97 bits per heavy atom. The summed E-state index contributed by atoms with van der Waals surface area (Å²) < 4.78 is 44.5. The number of fused-ring (bicyclic) bond motifs is 2. The van der Waals surface area contributed by atoms with E-state index in [4.69, 9.17) is 38.1 Å². The lowest BCUT2D eigenvalue weighted by molar-refractivity contribution is -0.161. The number of aromatic nitrogens is 3. The first kappa shape index (κ1) is 57.3. The highest BCUT2D eigenvalue weighted by Gasteiger charge is 2.55. The molecule has 4 aromatic rings. The molecule has 406 valence electrons. The molecule has 2 fully saturated rings. The molecule has 1 saturated heterocycles. The van der Waals surface area contributed by atoms with E-state index in [1.807, 2.05) is 122 Å². The van der Waals surface area contributed by atoms with Crippen LogP contribution in [0.1, 0.15) is 128 Å². The maximum atomic E-state index is 13.9. The summed E-state index contributed by atoms with van der Waals surface area (Å²) in [6.45, 7) is 27.7. The molecule has 1 saturated carbocycles. The van der Waals surface area contributed by atoms with E-state index in [-0.39, 0.29) is 30.6 Å². The van der Waals surface area contributed by atoms with Crippen molar-refractivity contribution in [1.29, 1.82) is 0 Å². The molecule has 1 N–H and O–H groups in total. The summed E-state index contributed by atoms with van der Waals surface area (Å²) in [5.74, 6) is 0.326. The molecule has 18 heteroatoms. The molecule has 3 heterocycles. The number of alkyl carbamates (subject to hydrolysis) is 1. The number of esters is 1. The highest BCUT2D eigenvalue weighted by molar-refractivity contribution is 5.97. The van der Waals surface area contributed by atoms with Gasteiger partial charge < -0.3 is 52.8 Å². The Balaban J connectivity index is 1.26. The van der Waals surface area contributed by atoms with Crippen LogP contribution in [0.5, 0.6) is 11.5 Å². The van der Waals surface area contributed by atoms with Crippen LogP contribution in [0.4, 0.5) is 20.2 Å². The average Bonchev–Trinajstić information content (AvgIpc) is 3.94. The second kappa shape index (κ2) is 23.3. The highest BCUT2D eigenvalue weighted by Crippen LogP contribution is 2.48. The summed E-state index contributed by atoms with van der Waals surface area (Å²) in [5, 5.41) is 3.47. The Kier molecular flexibility index (Phi) is 18.0. The Bertz CT molecular complexity index is 2520. The van der Waals surface area contributed by atoms with E-state index >= 15 is 0 Å². The number of carbonyl (C=O) groups excluding carboxylic acids is 4. The maximum Gasteiger partial charge on any atom is 0.415 e. The Morgan fingerprint density at radius 1 is 0.730 bits per heavy atom. The summed E-state index contributed by atoms with van der Waals surface area (Å²) in [6, 6.07) is 18.1. The third kappa shape index (κ3) is 16.8. The third-order valence-corrected chi connectivity index (χ3v) is 12.1. The average molecular weight is 1030 g/mol. The van der Waals surface area contributed by atoms with E-state index in [0.29, 0.717) is 74.6 Å². The topological polar surface area (TPSA) is 185 Å². The van der Waals surface area contributed by atoms with Crippen molar-refractivity contribution in [3.05, 3.63) is 78.8 Å². The van der Waals surface area contributed by atoms with Gasteiger partial charge in [0.05, 0.1) is 17.5 Å². The number of carbonyl (C=O) groups is 4. The largest absolute Gasteiger partial charge is 0.458 e. The predicted molar refractivity (Wildman–Crippen MR) is 282 cm³/mol. The van der Waals surface area contributed by atoms with Gasteiger partial charge in [-0.1, -0.05) is 30.3 Å². The smallest absolute Gasteiger partial charge is 0.415 e. The van der Waals surface area contributed by atoms with Gasteiger partial charge in [0.1, 0.15) is 58.0 Å². The molecule has 74 heavy (non-hydrogen) atoms. The SMILES string of the molecule is CN(C(=O)OC(C)(C)C)c1ncnc2c1ccn2[C@@H]1C[C@H](CN(CCCN(CCc2ccc(Oc3ccccc3)cc2)C(=O)OC(C)(C)C)CC[C@H](NC(=O)OC(C)(C)C)C(=O)OC(C)(C)C)[C@H]2OC(C)(C)O[C@H]21. The number of nitrogens with one attached hydrogen (secondary N) is 1. The molecule has 0 unspecified atom stereocenters. The fourth-order valence-electron chi connectivity index (χ4n) is 9.15. The van der Waals surface area contributed by atoms with Crippen LogP contribution in [0.15, 0.2) is 73.2 Å². The lowest BCUT2D eigenvalue weighted by Crippen LogP contribution is -2.48. The first-order valence-corrected chi connectivity index (χ1v) is 25.8. The molecule has 0 bridgehead atoms. The van der Waals surface area contributed by atoms with Crippen LogP contribution in [0.25, 0.3) is 11.0 Å². The van der Waals surface area contributed by atoms with Crippen molar-refractivity contribution in [1.82, 2.24) is 29.7 Å². The zero-order valence-electron chi connectivity index (χ0n) is 46.4. The molecule has 1 aliphatic heterocycles. The van der Waals surface area contributed by atoms with Crippen molar-refractivity contribution < 1.29 is 52.3 Å². The molecule has 0 radical (unpaired) electrons. The van der Waals surface area contributed by atoms with E-state index in [1.165, 1.54) is 11.2 Å². The minimum atomic E-state index is -1.03. The molecule has 5 atom stereocenters. The fourth-order valence-corrected chi connectivity index (χ4v) is 9.15. The number of nitrogens with zero attached hydrogens (tertiary/aromatic N) is 6. The number of rotatable bonds is 18. The Labute approximate surface area is 437 Å². The van der Waals surface area contributed by atoms with E-state index in [1.54, 1.807) is 53.5 Å². The first-order chi connectivity index (χ1) is 34.4. The quantitative estimate of drug-likeness (QED) is 0.0733. The molecule has 6 rings (SSSR count). The van der Waals surface area contributed by atoms with Gasteiger partial charge in [-0.15, -0.1) is 0 Å². The molecule has 2 aromatic carbocycles. The van der Waals surface area contributed by atoms with Gasteiger partial charge >= 0.3 is 24.2 Å². The van der Waals surface area contributed by atoms with Gasteiger partial charge in [0.2, 0.25) is 0 Å². The van der Waals surface area contributed by atoms with Crippen molar-refractivity contribution >= 4 is 41.1 Å². The molecular formula is C56H81N7O11. The van der Waals surface area contributed by atoms with Crippen molar-refractivity contribution in [3.63, 3.8) is 0 Å². The van der Waals surface area contributed by atoms with Gasteiger partial charge in [-0.05, 0) is 165 Å². The molecule has 1 aliphatic carbocycles. The lowest BCUT2D eigenvalue weighted by atomic mass is 10.0. The van der Waals surface area contributed by atoms with Gasteiger partial charge in [-0.25, -0.2) is 29.1 Å². The van der Waals surface area contributed by atoms with Crippen LogP contribution in [-0.4, -0.2) is 135 Å². The summed E-state index contributed by atoms with van der Waals surface area (Å²) in [7, 11) is 1.63. The van der Waals surface area contributed by atoms with Gasteiger partial charge in [-0.3, -0.25) is 4.90 Å². The predicted octanol–water partition coefficient (Wildman–Crippen LogP) is 10.5. The fraction of sp³-hybridized carbons (Fsp3) is 0.607. The van der Waals surface area contributed by atoms with E-state index in [9.17, 15) is 19.2 Å². The number of amides is 3. The van der Waals surface area contributed by atoms with Crippen LogP contribution < -0.4 is 15.0 Å². The van der Waals surface area contributed by atoms with Crippen molar-refractivity contribution in [2.24, 2.45) is 5.92 Å². The van der Waals surface area contributed by atoms with E-state index in [2.05, 4.69) is 19.8 Å². The van der Waals surface area contributed by atoms with Gasteiger partial charge in [0.15, 0.2) is 11.6 Å². The minimum absolute atomic E-state index is 0.0791. The Morgan fingerprint density at radius 2 is 1.34 bits per heavy atom. The number of benzene rings is 2. The third-order valence-electron chi connectivity index (χ3n) is 12.1. The lowest BCUT2D eigenvalue weighted by Gasteiger charge is -2.32. The van der Waals surface area contributed by atoms with Crippen molar-refractivity contribution in [3.8, 4) is 11.5 Å². The standard InChI is InChI=1S/C56H81N7O11/c1-52(2,3)71-48(64)42(59-49(65)72-53(4,5)6)28-31-61(29-19-30-62(51(67)74-55(10,11)12)32-26-37-22-24-40(25-23-37)68-39-20-17-16-18-21-39)35-38-34-43(45-44(38)69-56(13,14)70-45)63-33-27-41-46(57-36-58-47(41)63)60(15)50(66)73-54(7,8)9/h16-18,20-25,27,33,36,38,42-45H,19,26,28-32,34-35H2,1-15H3,(H,59,65)/t38-,42+,43-,44-,45+/m1/s1. The minimum Gasteiger partial charge on any atom is -0.458 e. The van der Waals surface area contributed by atoms with Crippen LogP contribution in [0.3, 0.4) is 0 Å². The van der Waals surface area contributed by atoms with Gasteiger partial charge in [0, 0.05) is 45.3 Å². The number of para-hydroxylation sites is 1. The summed E-state index contributed by atoms with van der Waals surface area (Å²) >= 11 is 0. The summed E-state index contributed by atoms with van der Waals surface area (Å²) in [4.78, 5) is 68.7. The maximum absolute atomic E-state index is 13.9. The molecule has 3 amide bonds. The van der Waals surface area contributed by atoms with Gasteiger partial charge in [0.25, 0.3) is 0 Å². The highest BCUT2D eigenvalue weighted by atomic mass is 16.8. The molecule has 2 aromatic heterocycles. The number of hydrogen-bond donors (Lipinski definition) is 1. The van der Waals surface area contributed by atoms with Crippen LogP contribution in [0.2, 0.25) is 0 Å². The van der Waals surface area contributed by atoms with Gasteiger partial charge in [-0.2, -0.15) is 0 Å². The normalized spacial score (nSPS) is 19.1. The molecule has 0 spiro atoms. The number of anilines is 1. The van der Waals surface area contributed by atoms with Crippen molar-refractivity contribution in [2.45, 2.75) is 175 Å². The van der Waals surface area contributed by atoms with Crippen LogP contribution in [0, 0.1) is 5.92 Å². The summed E-state index contributed by atoms with van der Waals surface area (Å²) in [5.41, 5.74) is -1.36. The second-order valence-corrected chi connectivity index (χ2v) is 23.8. The summed E-state index contributed by atoms with van der Waals surface area (Å²) in [6.07, 6.45) is 3.01. The number of hydrogen-bond acceptors (Lipinski definition) is 14. The van der Waals surface area contributed by atoms with E-state index in [0.717, 1.165) is 11.3 Å². The number of ether oxygens (including phenoxy) is 7. The van der Waals surface area contributed by atoms with Crippen LogP contribution in [-0.2, 0) is 39.6 Å². The second-order valence-electron chi connectivity index (χ2n) is 23.8. The Hall–Kier alpha value is -5.98. The zero-order valence-corrected chi connectivity index (χ0v) is 46.4. The van der Waals surface area contributed by atoms with Crippen molar-refractivity contribution in [2.75, 3.05) is 44.7 Å². The zero-order chi connectivity index (χ0) is 54.4.